The Labute approximate surface area is 167 Å². The fourth-order valence-corrected chi connectivity index (χ4v) is 3.61. The van der Waals surface area contributed by atoms with Crippen LogP contribution in [0.2, 0.25) is 0 Å². The predicted octanol–water partition coefficient (Wildman–Crippen LogP) is 2.57. The molecular formula is C17H31IN4OS. The van der Waals surface area contributed by atoms with E-state index in [2.05, 4.69) is 40.0 Å². The number of nitrogens with one attached hydrogen (secondary N) is 2. The number of hydrogen-bond donors (Lipinski definition) is 2. The van der Waals surface area contributed by atoms with Crippen LogP contribution in [0.3, 0.4) is 0 Å². The Morgan fingerprint density at radius 1 is 1.46 bits per heavy atom. The van der Waals surface area contributed by atoms with Crippen LogP contribution in [0, 0.1) is 0 Å². The molecule has 1 aromatic rings. The van der Waals surface area contributed by atoms with E-state index in [9.17, 15) is 0 Å². The van der Waals surface area contributed by atoms with Crippen molar-refractivity contribution >= 4 is 41.3 Å². The highest BCUT2D eigenvalue weighted by molar-refractivity contribution is 14.0. The maximum atomic E-state index is 5.20. The molecule has 2 rings (SSSR count). The van der Waals surface area contributed by atoms with Gasteiger partial charge in [-0.2, -0.15) is 0 Å². The quantitative estimate of drug-likeness (QED) is 0.334. The van der Waals surface area contributed by atoms with E-state index < -0.39 is 0 Å². The third-order valence-electron chi connectivity index (χ3n) is 4.13. The molecule has 0 amide bonds. The summed E-state index contributed by atoms with van der Waals surface area (Å²) in [6.07, 6.45) is 3.56. The van der Waals surface area contributed by atoms with E-state index in [1.54, 1.807) is 7.11 Å². The summed E-state index contributed by atoms with van der Waals surface area (Å²) in [5, 5.41) is 8.92. The Balaban J connectivity index is 0.00000288. The molecule has 1 aromatic heterocycles. The van der Waals surface area contributed by atoms with Crippen LogP contribution in [0.5, 0.6) is 0 Å². The van der Waals surface area contributed by atoms with Gasteiger partial charge in [-0.25, -0.2) is 0 Å². The zero-order valence-electron chi connectivity index (χ0n) is 14.8. The molecular weight excluding hydrogens is 435 g/mol. The van der Waals surface area contributed by atoms with E-state index in [-0.39, 0.29) is 24.0 Å². The monoisotopic (exact) mass is 466 g/mol. The van der Waals surface area contributed by atoms with Gasteiger partial charge in [-0.3, -0.25) is 9.89 Å². The van der Waals surface area contributed by atoms with Crippen molar-refractivity contribution in [3.8, 4) is 0 Å². The number of aliphatic imine (C=N–C) groups is 1. The zero-order chi connectivity index (χ0) is 16.3. The van der Waals surface area contributed by atoms with Crippen molar-refractivity contribution in [3.63, 3.8) is 0 Å². The van der Waals surface area contributed by atoms with Gasteiger partial charge < -0.3 is 15.4 Å². The summed E-state index contributed by atoms with van der Waals surface area (Å²) < 4.78 is 5.20. The first kappa shape index (κ1) is 21.7. The highest BCUT2D eigenvalue weighted by Crippen LogP contribution is 2.16. The van der Waals surface area contributed by atoms with Crippen LogP contribution in [-0.2, 0) is 11.2 Å². The van der Waals surface area contributed by atoms with E-state index in [0.29, 0.717) is 6.04 Å². The number of methoxy groups -OCH3 is 1. The summed E-state index contributed by atoms with van der Waals surface area (Å²) in [6.45, 7) is 7.77. The van der Waals surface area contributed by atoms with E-state index in [1.807, 2.05) is 11.3 Å². The Hall–Kier alpha value is -0.380. The number of nitrogens with zero attached hydrogens (tertiary/aromatic N) is 2. The maximum Gasteiger partial charge on any atom is 0.191 e. The number of rotatable bonds is 9. The molecule has 0 radical (unpaired) electrons. The normalized spacial score (nSPS) is 18.4. The Kier molecular flexibility index (Phi) is 11.7. The van der Waals surface area contributed by atoms with Gasteiger partial charge in [0.2, 0.25) is 0 Å². The van der Waals surface area contributed by atoms with E-state index >= 15 is 0 Å². The van der Waals surface area contributed by atoms with Gasteiger partial charge >= 0.3 is 0 Å². The maximum absolute atomic E-state index is 5.20. The van der Waals surface area contributed by atoms with Crippen molar-refractivity contribution in [1.82, 2.24) is 15.5 Å². The molecule has 1 unspecified atom stereocenters. The van der Waals surface area contributed by atoms with Crippen LogP contribution in [0.1, 0.15) is 24.6 Å². The fourth-order valence-electron chi connectivity index (χ4n) is 2.90. The van der Waals surface area contributed by atoms with Crippen molar-refractivity contribution in [1.29, 1.82) is 0 Å². The highest BCUT2D eigenvalue weighted by Gasteiger charge is 2.23. The van der Waals surface area contributed by atoms with Crippen LogP contribution in [0.15, 0.2) is 22.5 Å². The lowest BCUT2D eigenvalue weighted by Crippen LogP contribution is -2.40. The summed E-state index contributed by atoms with van der Waals surface area (Å²) in [6, 6.07) is 4.84. The Bertz CT molecular complexity index is 455. The lowest BCUT2D eigenvalue weighted by Gasteiger charge is -2.23. The Morgan fingerprint density at radius 3 is 3.04 bits per heavy atom. The van der Waals surface area contributed by atoms with Crippen LogP contribution in [0.4, 0.5) is 0 Å². The van der Waals surface area contributed by atoms with Crippen molar-refractivity contribution in [3.05, 3.63) is 22.4 Å². The van der Waals surface area contributed by atoms with Gasteiger partial charge in [0.25, 0.3) is 0 Å². The fraction of sp³-hybridized carbons (Fsp3) is 0.706. The van der Waals surface area contributed by atoms with Gasteiger partial charge in [0.05, 0.1) is 13.2 Å². The molecule has 24 heavy (non-hydrogen) atoms. The third-order valence-corrected chi connectivity index (χ3v) is 5.07. The van der Waals surface area contributed by atoms with Gasteiger partial charge in [-0.05, 0) is 44.2 Å². The number of ether oxygens (including phenoxy) is 1. The summed E-state index contributed by atoms with van der Waals surface area (Å²) in [7, 11) is 1.77. The van der Waals surface area contributed by atoms with Gasteiger partial charge in [0, 0.05) is 37.7 Å². The molecule has 138 valence electrons. The average Bonchev–Trinajstić information content (AvgIpc) is 3.22. The standard InChI is InChI=1S/C17H30N4OS.HI/c1-3-18-17(19-9-8-16-7-5-13-23-16)20-14-15-6-4-10-21(15)11-12-22-2;/h5,7,13,15H,3-4,6,8-12,14H2,1-2H3,(H2,18,19,20);1H. The second kappa shape index (κ2) is 12.9. The minimum Gasteiger partial charge on any atom is -0.383 e. The first-order chi connectivity index (χ1) is 11.3. The first-order valence-corrected chi connectivity index (χ1v) is 9.49. The minimum atomic E-state index is 0. The third kappa shape index (κ3) is 7.67. The molecule has 0 spiro atoms. The SMILES string of the molecule is CCNC(=NCC1CCCN1CCOC)NCCc1cccs1.I. The molecule has 0 aromatic carbocycles. The van der Waals surface area contributed by atoms with Crippen LogP contribution >= 0.6 is 35.3 Å². The molecule has 1 aliphatic heterocycles. The van der Waals surface area contributed by atoms with Crippen molar-refractivity contribution < 1.29 is 4.74 Å². The second-order valence-corrected chi connectivity index (χ2v) is 6.83. The molecule has 5 nitrogen and oxygen atoms in total. The number of halogens is 1. The zero-order valence-corrected chi connectivity index (χ0v) is 17.9. The molecule has 1 atom stereocenters. The van der Waals surface area contributed by atoms with Crippen LogP contribution in [0.25, 0.3) is 0 Å². The average molecular weight is 466 g/mol. The van der Waals surface area contributed by atoms with Gasteiger partial charge in [-0.1, -0.05) is 6.07 Å². The van der Waals surface area contributed by atoms with E-state index in [1.165, 1.54) is 24.3 Å². The topological polar surface area (TPSA) is 48.9 Å². The van der Waals surface area contributed by atoms with Crippen molar-refractivity contribution in [2.45, 2.75) is 32.2 Å². The van der Waals surface area contributed by atoms with Gasteiger partial charge in [0.15, 0.2) is 5.96 Å². The number of thiophene rings is 1. The minimum absolute atomic E-state index is 0. The number of hydrogen-bond acceptors (Lipinski definition) is 4. The summed E-state index contributed by atoms with van der Waals surface area (Å²) in [4.78, 5) is 8.70. The highest BCUT2D eigenvalue weighted by atomic mass is 127. The smallest absolute Gasteiger partial charge is 0.191 e. The molecule has 0 aliphatic carbocycles. The number of likely N-dealkylation sites (tertiary alicyclic amines) is 1. The van der Waals surface area contributed by atoms with Gasteiger partial charge in [-0.15, -0.1) is 35.3 Å². The molecule has 1 aliphatic rings. The Morgan fingerprint density at radius 2 is 2.33 bits per heavy atom. The second-order valence-electron chi connectivity index (χ2n) is 5.80. The molecule has 0 saturated carbocycles. The molecule has 1 saturated heterocycles. The number of guanidine groups is 1. The largest absolute Gasteiger partial charge is 0.383 e. The van der Waals surface area contributed by atoms with Crippen LogP contribution in [-0.4, -0.2) is 63.3 Å². The summed E-state index contributed by atoms with van der Waals surface area (Å²) in [5.74, 6) is 0.933. The van der Waals surface area contributed by atoms with E-state index in [0.717, 1.165) is 45.2 Å². The first-order valence-electron chi connectivity index (χ1n) is 8.61. The predicted molar refractivity (Wildman–Crippen MR) is 114 cm³/mol. The molecule has 0 bridgehead atoms. The van der Waals surface area contributed by atoms with E-state index in [4.69, 9.17) is 9.73 Å². The molecule has 2 N–H and O–H groups in total. The lowest BCUT2D eigenvalue weighted by molar-refractivity contribution is 0.142. The summed E-state index contributed by atoms with van der Waals surface area (Å²) >= 11 is 1.81. The molecule has 2 heterocycles. The van der Waals surface area contributed by atoms with Crippen molar-refractivity contribution in [2.24, 2.45) is 4.99 Å². The molecule has 7 heteroatoms. The van der Waals surface area contributed by atoms with Gasteiger partial charge in [0.1, 0.15) is 0 Å². The lowest BCUT2D eigenvalue weighted by atomic mass is 10.2. The van der Waals surface area contributed by atoms with Crippen molar-refractivity contribution in [2.75, 3.05) is 46.4 Å². The molecule has 1 fully saturated rings. The summed E-state index contributed by atoms with van der Waals surface area (Å²) in [5.41, 5.74) is 0. The van der Waals surface area contributed by atoms with Crippen LogP contribution < -0.4 is 10.6 Å².